The van der Waals surface area contributed by atoms with Crippen LogP contribution in [-0.4, -0.2) is 64.1 Å². The molecule has 2 heterocycles. The smallest absolute Gasteiger partial charge is 0.263 e. The highest BCUT2D eigenvalue weighted by Crippen LogP contribution is 2.37. The second-order valence-corrected chi connectivity index (χ2v) is 9.74. The third kappa shape index (κ3) is 5.09. The van der Waals surface area contributed by atoms with E-state index in [1.54, 1.807) is 30.5 Å². The Bertz CT molecular complexity index is 1290. The minimum atomic E-state index is -1.91. The van der Waals surface area contributed by atoms with Gasteiger partial charge in [0.05, 0.1) is 12.2 Å². The predicted octanol–water partition coefficient (Wildman–Crippen LogP) is 2.77. The van der Waals surface area contributed by atoms with Gasteiger partial charge >= 0.3 is 0 Å². The first-order chi connectivity index (χ1) is 18.2. The molecule has 0 fully saturated rings. The monoisotopic (exact) mass is 516 g/mol. The Morgan fingerprint density at radius 1 is 1.05 bits per heavy atom. The average Bonchev–Trinajstić information content (AvgIpc) is 3.43. The molecule has 1 N–H and O–H groups in total. The molecule has 198 valence electrons. The van der Waals surface area contributed by atoms with Crippen molar-refractivity contribution in [1.29, 1.82) is 0 Å². The third-order valence-electron chi connectivity index (χ3n) is 6.56. The van der Waals surface area contributed by atoms with E-state index >= 15 is 0 Å². The Labute approximate surface area is 222 Å². The number of ketones is 1. The Morgan fingerprint density at radius 2 is 1.68 bits per heavy atom. The van der Waals surface area contributed by atoms with Crippen LogP contribution in [0.2, 0.25) is 0 Å². The number of amides is 3. The van der Waals surface area contributed by atoms with Crippen molar-refractivity contribution < 1.29 is 23.9 Å². The molecule has 2 aromatic carbocycles. The van der Waals surface area contributed by atoms with Crippen LogP contribution in [-0.2, 0) is 30.3 Å². The highest BCUT2D eigenvalue weighted by atomic mass is 16.5. The van der Waals surface area contributed by atoms with Gasteiger partial charge in [0, 0.05) is 26.5 Å². The summed E-state index contributed by atoms with van der Waals surface area (Å²) in [5.74, 6) is -2.39. The number of Topliss-reactive ketones (excluding diaryl/α,β-unsaturated/α-hetero) is 1. The summed E-state index contributed by atoms with van der Waals surface area (Å²) in [4.78, 5) is 61.4. The van der Waals surface area contributed by atoms with Crippen LogP contribution in [0.3, 0.4) is 0 Å². The number of aliphatic imine (C=N–C) groups is 1. The number of carbonyl (C=O) groups excluding carboxylic acids is 4. The van der Waals surface area contributed by atoms with Gasteiger partial charge in [-0.2, -0.15) is 0 Å². The quantitative estimate of drug-likeness (QED) is 0.581. The zero-order chi connectivity index (χ0) is 27.4. The summed E-state index contributed by atoms with van der Waals surface area (Å²) in [7, 11) is 0. The zero-order valence-electron chi connectivity index (χ0n) is 22.0. The van der Waals surface area contributed by atoms with Gasteiger partial charge in [0.15, 0.2) is 5.66 Å². The van der Waals surface area contributed by atoms with Crippen LogP contribution >= 0.6 is 0 Å². The van der Waals surface area contributed by atoms with E-state index in [0.29, 0.717) is 23.4 Å². The summed E-state index contributed by atoms with van der Waals surface area (Å²) in [6, 6.07) is 17.2. The highest BCUT2D eigenvalue weighted by molar-refractivity contribution is 6.41. The molecule has 9 nitrogen and oxygen atoms in total. The lowest BCUT2D eigenvalue weighted by molar-refractivity contribution is -0.153. The molecule has 1 unspecified atom stereocenters. The molecule has 38 heavy (non-hydrogen) atoms. The summed E-state index contributed by atoms with van der Waals surface area (Å²) in [6.45, 7) is 6.89. The van der Waals surface area contributed by atoms with Crippen molar-refractivity contribution in [3.8, 4) is 0 Å². The lowest BCUT2D eigenvalue weighted by atomic mass is 9.87. The van der Waals surface area contributed by atoms with Crippen molar-refractivity contribution in [3.05, 3.63) is 78.0 Å². The maximum absolute atomic E-state index is 14.5. The van der Waals surface area contributed by atoms with Gasteiger partial charge in [0.2, 0.25) is 11.8 Å². The molecular formula is C29H32N4O5. The molecular weight excluding hydrogens is 484 g/mol. The summed E-state index contributed by atoms with van der Waals surface area (Å²) < 4.78 is 5.57. The topological polar surface area (TPSA) is 108 Å². The van der Waals surface area contributed by atoms with Gasteiger partial charge in [-0.3, -0.25) is 24.1 Å². The molecule has 0 aromatic heterocycles. The van der Waals surface area contributed by atoms with E-state index in [1.165, 1.54) is 23.6 Å². The standard InChI is InChI=1S/C29H32N4O5/c1-19(2)25-28(37)33(24(18-32(25)21(4)35)23-13-9-6-10-14-23)29(31-20(3)34,17-22-11-7-5-8-12-22)26(36)27-30-15-16-38-27/h5-14,18-19,25H,15-17H2,1-4H3,(H,31,34)/t25?,29-/m0/s1. The first-order valence-electron chi connectivity index (χ1n) is 12.6. The zero-order valence-corrected chi connectivity index (χ0v) is 22.0. The third-order valence-corrected chi connectivity index (χ3v) is 6.56. The number of hydrogen-bond acceptors (Lipinski definition) is 6. The number of ether oxygens (including phenoxy) is 1. The summed E-state index contributed by atoms with van der Waals surface area (Å²) in [6.07, 6.45) is 1.55. The number of nitrogens with one attached hydrogen (secondary N) is 1. The minimum Gasteiger partial charge on any atom is -0.473 e. The van der Waals surface area contributed by atoms with E-state index in [-0.39, 0.29) is 30.8 Å². The van der Waals surface area contributed by atoms with Gasteiger partial charge in [-0.25, -0.2) is 4.99 Å². The molecule has 2 atom stereocenters. The normalized spacial score (nSPS) is 18.9. The van der Waals surface area contributed by atoms with Gasteiger partial charge in [-0.1, -0.05) is 74.5 Å². The Balaban J connectivity index is 2.04. The summed E-state index contributed by atoms with van der Waals surface area (Å²) in [5.41, 5.74) is -0.299. The number of benzene rings is 2. The fraction of sp³-hybridized carbons (Fsp3) is 0.345. The molecule has 0 spiro atoms. The molecule has 0 saturated heterocycles. The van der Waals surface area contributed by atoms with Crippen molar-refractivity contribution in [1.82, 2.24) is 15.1 Å². The van der Waals surface area contributed by atoms with Crippen molar-refractivity contribution in [2.24, 2.45) is 10.9 Å². The predicted molar refractivity (Wildman–Crippen MR) is 142 cm³/mol. The fourth-order valence-electron chi connectivity index (χ4n) is 4.99. The number of carbonyl (C=O) groups is 4. The second kappa shape index (κ2) is 11.0. The average molecular weight is 517 g/mol. The van der Waals surface area contributed by atoms with Crippen LogP contribution in [0.1, 0.15) is 38.8 Å². The second-order valence-electron chi connectivity index (χ2n) is 9.74. The number of hydrogen-bond donors (Lipinski definition) is 1. The van der Waals surface area contributed by atoms with E-state index in [1.807, 2.05) is 50.2 Å². The van der Waals surface area contributed by atoms with Gasteiger partial charge in [0.25, 0.3) is 17.6 Å². The summed E-state index contributed by atoms with van der Waals surface area (Å²) >= 11 is 0. The molecule has 3 amide bonds. The van der Waals surface area contributed by atoms with Gasteiger partial charge < -0.3 is 15.0 Å². The van der Waals surface area contributed by atoms with Crippen molar-refractivity contribution in [2.45, 2.75) is 45.8 Å². The van der Waals surface area contributed by atoms with E-state index in [9.17, 15) is 19.2 Å². The van der Waals surface area contributed by atoms with E-state index < -0.39 is 29.3 Å². The van der Waals surface area contributed by atoms with E-state index in [4.69, 9.17) is 4.74 Å². The van der Waals surface area contributed by atoms with Gasteiger partial charge in [-0.05, 0) is 17.0 Å². The maximum Gasteiger partial charge on any atom is 0.263 e. The molecule has 0 radical (unpaired) electrons. The van der Waals surface area contributed by atoms with Crippen LogP contribution in [0.4, 0.5) is 0 Å². The Kier molecular flexibility index (Phi) is 7.75. The molecule has 9 heteroatoms. The molecule has 0 saturated carbocycles. The maximum atomic E-state index is 14.5. The van der Waals surface area contributed by atoms with E-state index in [2.05, 4.69) is 10.3 Å². The number of nitrogens with zero attached hydrogens (tertiary/aromatic N) is 3. The summed E-state index contributed by atoms with van der Waals surface area (Å²) in [5, 5.41) is 2.83. The highest BCUT2D eigenvalue weighted by Gasteiger charge is 2.55. The van der Waals surface area contributed by atoms with Crippen LogP contribution in [0.5, 0.6) is 0 Å². The van der Waals surface area contributed by atoms with Crippen LogP contribution in [0.25, 0.3) is 5.70 Å². The van der Waals surface area contributed by atoms with Crippen molar-refractivity contribution in [3.63, 3.8) is 0 Å². The minimum absolute atomic E-state index is 0.0462. The lowest BCUT2D eigenvalue weighted by Gasteiger charge is -2.49. The first kappa shape index (κ1) is 26.8. The molecule has 0 bridgehead atoms. The molecule has 2 aliphatic heterocycles. The van der Waals surface area contributed by atoms with Crippen LogP contribution < -0.4 is 5.32 Å². The lowest BCUT2D eigenvalue weighted by Crippen LogP contribution is -2.72. The van der Waals surface area contributed by atoms with E-state index in [0.717, 1.165) is 0 Å². The largest absolute Gasteiger partial charge is 0.473 e. The van der Waals surface area contributed by atoms with Gasteiger partial charge in [-0.15, -0.1) is 0 Å². The Morgan fingerprint density at radius 3 is 2.21 bits per heavy atom. The van der Waals surface area contributed by atoms with Crippen LogP contribution in [0, 0.1) is 5.92 Å². The number of rotatable bonds is 8. The Hall–Kier alpha value is -4.27. The molecule has 4 rings (SSSR count). The SMILES string of the molecule is CC(=O)N[C@](Cc1ccccc1)(C(=O)C1=NCCO1)N1C(=O)C(C(C)C)N(C(C)=O)C=C1c1ccccc1. The molecule has 0 aliphatic carbocycles. The van der Waals surface area contributed by atoms with Crippen molar-refractivity contribution >= 4 is 35.1 Å². The van der Waals surface area contributed by atoms with Gasteiger partial charge in [0.1, 0.15) is 12.6 Å². The van der Waals surface area contributed by atoms with Crippen molar-refractivity contribution in [2.75, 3.05) is 13.2 Å². The van der Waals surface area contributed by atoms with Crippen LogP contribution in [0.15, 0.2) is 71.9 Å². The first-order valence-corrected chi connectivity index (χ1v) is 12.6. The molecule has 2 aliphatic rings. The fourth-order valence-corrected chi connectivity index (χ4v) is 4.99. The molecule has 2 aromatic rings.